The lowest BCUT2D eigenvalue weighted by Crippen LogP contribution is -2.30. The zero-order valence-corrected chi connectivity index (χ0v) is 17.2. The summed E-state index contributed by atoms with van der Waals surface area (Å²) in [4.78, 5) is 12.3. The van der Waals surface area contributed by atoms with Crippen molar-refractivity contribution >= 4 is 38.9 Å². The van der Waals surface area contributed by atoms with E-state index < -0.39 is 10.0 Å². The summed E-state index contributed by atoms with van der Waals surface area (Å²) in [6, 6.07) is 11.7. The molecule has 0 unspecified atom stereocenters. The number of nitrogens with one attached hydrogen (secondary N) is 2. The van der Waals surface area contributed by atoms with E-state index in [-0.39, 0.29) is 17.3 Å². The number of amides is 1. The molecule has 2 rings (SSSR count). The minimum atomic E-state index is -3.51. The molecule has 0 aliphatic rings. The van der Waals surface area contributed by atoms with E-state index >= 15 is 0 Å². The van der Waals surface area contributed by atoms with Crippen LogP contribution < -0.4 is 10.6 Å². The molecule has 0 radical (unpaired) electrons. The number of aryl methyl sites for hydroxylation is 1. The number of sulfonamides is 1. The van der Waals surface area contributed by atoms with E-state index in [1.807, 2.05) is 25.1 Å². The van der Waals surface area contributed by atoms with Gasteiger partial charge in [0.1, 0.15) is 0 Å². The van der Waals surface area contributed by atoms with Crippen molar-refractivity contribution in [2.75, 3.05) is 30.3 Å². The molecule has 0 saturated carbocycles. The standard InChI is InChI=1S/C19H24ClN3O3S/c1-4-23(5-2)27(25,26)16-9-7-15(8-10-16)22-19(24)13-21-18-11-6-14(3)12-17(18)20/h6-12,21H,4-5,13H2,1-3H3,(H,22,24). The van der Waals surface area contributed by atoms with Gasteiger partial charge in [-0.25, -0.2) is 8.42 Å². The zero-order valence-electron chi connectivity index (χ0n) is 15.6. The molecule has 8 heteroatoms. The van der Waals surface area contributed by atoms with Crippen LogP contribution in [0, 0.1) is 6.92 Å². The topological polar surface area (TPSA) is 78.5 Å². The van der Waals surface area contributed by atoms with E-state index in [9.17, 15) is 13.2 Å². The highest BCUT2D eigenvalue weighted by Crippen LogP contribution is 2.22. The molecule has 0 aliphatic carbocycles. The number of rotatable bonds is 8. The zero-order chi connectivity index (χ0) is 20.0. The van der Waals surface area contributed by atoms with E-state index in [4.69, 9.17) is 11.6 Å². The van der Waals surface area contributed by atoms with Gasteiger partial charge in [-0.15, -0.1) is 0 Å². The average Bonchev–Trinajstić information content (AvgIpc) is 2.62. The molecule has 0 spiro atoms. The van der Waals surface area contributed by atoms with Gasteiger partial charge in [-0.3, -0.25) is 4.79 Å². The summed E-state index contributed by atoms with van der Waals surface area (Å²) in [5, 5.41) is 6.26. The molecule has 2 N–H and O–H groups in total. The monoisotopic (exact) mass is 409 g/mol. The van der Waals surface area contributed by atoms with Crippen molar-refractivity contribution in [1.29, 1.82) is 0 Å². The Kier molecular flexibility index (Phi) is 7.24. The molecule has 2 aromatic rings. The molecule has 1 amide bonds. The third kappa shape index (κ3) is 5.45. The number of hydrogen-bond acceptors (Lipinski definition) is 4. The van der Waals surface area contributed by atoms with Gasteiger partial charge in [0.25, 0.3) is 0 Å². The molecule has 0 bridgehead atoms. The quantitative estimate of drug-likeness (QED) is 0.696. The van der Waals surface area contributed by atoms with Crippen molar-refractivity contribution in [3.63, 3.8) is 0 Å². The Morgan fingerprint density at radius 1 is 1.07 bits per heavy atom. The van der Waals surface area contributed by atoms with E-state index in [1.54, 1.807) is 26.0 Å². The van der Waals surface area contributed by atoms with Gasteiger partial charge in [0.05, 0.1) is 22.2 Å². The van der Waals surface area contributed by atoms with E-state index in [2.05, 4.69) is 10.6 Å². The number of hydrogen-bond donors (Lipinski definition) is 2. The Balaban J connectivity index is 1.98. The van der Waals surface area contributed by atoms with Crippen molar-refractivity contribution in [3.05, 3.63) is 53.1 Å². The molecular formula is C19H24ClN3O3S. The Labute approximate surface area is 165 Å². The molecule has 0 atom stereocenters. The smallest absolute Gasteiger partial charge is 0.243 e. The van der Waals surface area contributed by atoms with Crippen LogP contribution in [0.2, 0.25) is 5.02 Å². The first kappa shape index (κ1) is 21.2. The Hall–Kier alpha value is -2.09. The molecule has 146 valence electrons. The van der Waals surface area contributed by atoms with Crippen LogP contribution in [0.15, 0.2) is 47.4 Å². The summed E-state index contributed by atoms with van der Waals surface area (Å²) in [6.45, 7) is 6.38. The number of benzene rings is 2. The van der Waals surface area contributed by atoms with E-state index in [0.29, 0.717) is 29.5 Å². The first-order chi connectivity index (χ1) is 12.8. The van der Waals surface area contributed by atoms with Crippen LogP contribution in [0.5, 0.6) is 0 Å². The average molecular weight is 410 g/mol. The fourth-order valence-corrected chi connectivity index (χ4v) is 4.33. The number of nitrogens with zero attached hydrogens (tertiary/aromatic N) is 1. The summed E-state index contributed by atoms with van der Waals surface area (Å²) in [5.74, 6) is -0.258. The van der Waals surface area contributed by atoms with Gasteiger partial charge in [0, 0.05) is 18.8 Å². The van der Waals surface area contributed by atoms with Crippen LogP contribution in [0.3, 0.4) is 0 Å². The minimum absolute atomic E-state index is 0.0439. The molecule has 0 aromatic heterocycles. The van der Waals surface area contributed by atoms with E-state index in [0.717, 1.165) is 5.56 Å². The molecule has 0 aliphatic heterocycles. The van der Waals surface area contributed by atoms with E-state index in [1.165, 1.54) is 16.4 Å². The summed E-state index contributed by atoms with van der Waals surface area (Å²) >= 11 is 6.13. The van der Waals surface area contributed by atoms with Gasteiger partial charge in [0.2, 0.25) is 15.9 Å². The predicted molar refractivity (Wildman–Crippen MR) is 110 cm³/mol. The molecule has 0 fully saturated rings. The summed E-state index contributed by atoms with van der Waals surface area (Å²) in [5.41, 5.74) is 2.24. The Bertz CT molecular complexity index is 895. The highest BCUT2D eigenvalue weighted by atomic mass is 35.5. The third-order valence-corrected chi connectivity index (χ3v) is 6.42. The lowest BCUT2D eigenvalue weighted by molar-refractivity contribution is -0.114. The molecular weight excluding hydrogens is 386 g/mol. The van der Waals surface area contributed by atoms with Gasteiger partial charge in [-0.2, -0.15) is 4.31 Å². The maximum Gasteiger partial charge on any atom is 0.243 e. The van der Waals surface area contributed by atoms with Crippen LogP contribution >= 0.6 is 11.6 Å². The van der Waals surface area contributed by atoms with Crippen LogP contribution in [-0.4, -0.2) is 38.3 Å². The lowest BCUT2D eigenvalue weighted by Gasteiger charge is -2.18. The predicted octanol–water partition coefficient (Wildman–Crippen LogP) is 3.73. The van der Waals surface area contributed by atoms with Crippen molar-refractivity contribution < 1.29 is 13.2 Å². The molecule has 6 nitrogen and oxygen atoms in total. The van der Waals surface area contributed by atoms with Crippen molar-refractivity contribution in [2.24, 2.45) is 0 Å². The second-order valence-electron chi connectivity index (χ2n) is 6.00. The van der Waals surface area contributed by atoms with Crippen LogP contribution in [0.25, 0.3) is 0 Å². The second-order valence-corrected chi connectivity index (χ2v) is 8.34. The highest BCUT2D eigenvalue weighted by molar-refractivity contribution is 7.89. The summed E-state index contributed by atoms with van der Waals surface area (Å²) in [7, 11) is -3.51. The normalized spacial score (nSPS) is 11.4. The van der Waals surface area contributed by atoms with Gasteiger partial charge in [-0.1, -0.05) is 31.5 Å². The van der Waals surface area contributed by atoms with Crippen molar-refractivity contribution in [2.45, 2.75) is 25.7 Å². The van der Waals surface area contributed by atoms with Gasteiger partial charge in [0.15, 0.2) is 0 Å². The Morgan fingerprint density at radius 2 is 1.70 bits per heavy atom. The van der Waals surface area contributed by atoms with Gasteiger partial charge in [-0.05, 0) is 48.9 Å². The summed E-state index contributed by atoms with van der Waals surface area (Å²) in [6.07, 6.45) is 0. The Morgan fingerprint density at radius 3 is 2.26 bits per heavy atom. The number of halogens is 1. The fourth-order valence-electron chi connectivity index (χ4n) is 2.57. The molecule has 0 saturated heterocycles. The first-order valence-electron chi connectivity index (χ1n) is 8.68. The van der Waals surface area contributed by atoms with Crippen molar-refractivity contribution in [3.8, 4) is 0 Å². The molecule has 27 heavy (non-hydrogen) atoms. The first-order valence-corrected chi connectivity index (χ1v) is 10.5. The lowest BCUT2D eigenvalue weighted by atomic mass is 10.2. The van der Waals surface area contributed by atoms with Gasteiger partial charge >= 0.3 is 0 Å². The maximum absolute atomic E-state index is 12.5. The third-order valence-electron chi connectivity index (χ3n) is 4.05. The fraction of sp³-hybridized carbons (Fsp3) is 0.316. The SMILES string of the molecule is CCN(CC)S(=O)(=O)c1ccc(NC(=O)CNc2ccc(C)cc2Cl)cc1. The van der Waals surface area contributed by atoms with Gasteiger partial charge < -0.3 is 10.6 Å². The molecule has 0 heterocycles. The minimum Gasteiger partial charge on any atom is -0.375 e. The van der Waals surface area contributed by atoms with Crippen LogP contribution in [0.1, 0.15) is 19.4 Å². The maximum atomic E-state index is 12.5. The highest BCUT2D eigenvalue weighted by Gasteiger charge is 2.21. The van der Waals surface area contributed by atoms with Crippen LogP contribution in [0.4, 0.5) is 11.4 Å². The number of anilines is 2. The molecule has 2 aromatic carbocycles. The van der Waals surface area contributed by atoms with Crippen molar-refractivity contribution in [1.82, 2.24) is 4.31 Å². The largest absolute Gasteiger partial charge is 0.375 e. The number of carbonyl (C=O) groups excluding carboxylic acids is 1. The van der Waals surface area contributed by atoms with Crippen LogP contribution in [-0.2, 0) is 14.8 Å². The summed E-state index contributed by atoms with van der Waals surface area (Å²) < 4.78 is 26.3. The second kappa shape index (κ2) is 9.21. The number of carbonyl (C=O) groups is 1.